The average molecular weight is 400 g/mol. The van der Waals surface area contributed by atoms with Crippen molar-refractivity contribution in [3.05, 3.63) is 89.0 Å². The number of fused-ring (bicyclic) bond motifs is 1. The molecule has 1 aromatic heterocycles. The summed E-state index contributed by atoms with van der Waals surface area (Å²) < 4.78 is 6.96. The number of ether oxygens (including phenoxy) is 1. The van der Waals surface area contributed by atoms with E-state index in [1.165, 1.54) is 12.0 Å². The fourth-order valence-corrected chi connectivity index (χ4v) is 3.70. The molecule has 3 aromatic rings. The highest BCUT2D eigenvalue weighted by molar-refractivity contribution is 5.97. The van der Waals surface area contributed by atoms with Gasteiger partial charge in [0.1, 0.15) is 6.04 Å². The Bertz CT molecular complexity index is 1110. The molecule has 2 aromatic carbocycles. The van der Waals surface area contributed by atoms with Gasteiger partial charge in [0.2, 0.25) is 0 Å². The summed E-state index contributed by atoms with van der Waals surface area (Å²) in [5, 5.41) is 8.98. The number of nitriles is 1. The van der Waals surface area contributed by atoms with Crippen molar-refractivity contribution in [3.63, 3.8) is 0 Å². The van der Waals surface area contributed by atoms with E-state index in [0.29, 0.717) is 24.1 Å². The number of methoxy groups -OCH3 is 1. The van der Waals surface area contributed by atoms with Crippen LogP contribution < -0.4 is 0 Å². The molecular formula is C23H20N4O3. The zero-order chi connectivity index (χ0) is 21.1. The monoisotopic (exact) mass is 400 g/mol. The molecule has 4 rings (SSSR count). The standard InChI is InChI=1S/C23H20N4O3/c1-30-23(29)20-11-19-21(26(15-25-19)13-17-5-3-2-4-6-17)14-27(20)22(28)18-9-7-16(12-24)8-10-18/h2-10,15,20H,11,13-14H2,1H3. The van der Waals surface area contributed by atoms with Crippen LogP contribution in [0.25, 0.3) is 0 Å². The summed E-state index contributed by atoms with van der Waals surface area (Å²) in [6.45, 7) is 0.881. The minimum atomic E-state index is -0.745. The molecule has 0 aliphatic carbocycles. The fraction of sp³-hybridized carbons (Fsp3) is 0.217. The molecular weight excluding hydrogens is 380 g/mol. The van der Waals surface area contributed by atoms with Crippen molar-refractivity contribution < 1.29 is 14.3 Å². The summed E-state index contributed by atoms with van der Waals surface area (Å²) in [5.41, 5.74) is 3.71. The van der Waals surface area contributed by atoms with E-state index in [0.717, 1.165) is 17.0 Å². The number of carbonyl (C=O) groups excluding carboxylic acids is 2. The van der Waals surface area contributed by atoms with Gasteiger partial charge in [-0.3, -0.25) is 4.79 Å². The van der Waals surface area contributed by atoms with Crippen molar-refractivity contribution in [3.8, 4) is 6.07 Å². The number of imidazole rings is 1. The van der Waals surface area contributed by atoms with Crippen LogP contribution in [0.15, 0.2) is 60.9 Å². The number of esters is 1. The molecule has 0 saturated heterocycles. The molecule has 7 nitrogen and oxygen atoms in total. The van der Waals surface area contributed by atoms with Gasteiger partial charge < -0.3 is 14.2 Å². The molecule has 0 saturated carbocycles. The Morgan fingerprint density at radius 1 is 1.17 bits per heavy atom. The average Bonchev–Trinajstić information content (AvgIpc) is 3.19. The maximum atomic E-state index is 13.2. The third kappa shape index (κ3) is 3.67. The zero-order valence-corrected chi connectivity index (χ0v) is 16.5. The maximum Gasteiger partial charge on any atom is 0.329 e. The van der Waals surface area contributed by atoms with Gasteiger partial charge in [-0.05, 0) is 29.8 Å². The van der Waals surface area contributed by atoms with E-state index >= 15 is 0 Å². The van der Waals surface area contributed by atoms with E-state index in [4.69, 9.17) is 10.00 Å². The van der Waals surface area contributed by atoms with Crippen LogP contribution in [0.1, 0.15) is 32.9 Å². The topological polar surface area (TPSA) is 88.2 Å². The van der Waals surface area contributed by atoms with E-state index in [1.807, 2.05) is 41.0 Å². The lowest BCUT2D eigenvalue weighted by Gasteiger charge is -2.34. The van der Waals surface area contributed by atoms with Gasteiger partial charge in [-0.1, -0.05) is 30.3 Å². The van der Waals surface area contributed by atoms with Crippen molar-refractivity contribution in [2.75, 3.05) is 7.11 Å². The Morgan fingerprint density at radius 2 is 1.90 bits per heavy atom. The van der Waals surface area contributed by atoms with Gasteiger partial charge in [0.15, 0.2) is 0 Å². The van der Waals surface area contributed by atoms with Crippen LogP contribution in [0.5, 0.6) is 0 Å². The highest BCUT2D eigenvalue weighted by Crippen LogP contribution is 2.26. The number of carbonyl (C=O) groups is 2. The maximum absolute atomic E-state index is 13.2. The molecule has 30 heavy (non-hydrogen) atoms. The molecule has 0 bridgehead atoms. The van der Waals surface area contributed by atoms with Crippen LogP contribution in [-0.4, -0.2) is 39.5 Å². The van der Waals surface area contributed by atoms with Crippen molar-refractivity contribution in [2.45, 2.75) is 25.6 Å². The van der Waals surface area contributed by atoms with Gasteiger partial charge >= 0.3 is 5.97 Å². The summed E-state index contributed by atoms with van der Waals surface area (Å²) in [5.74, 6) is -0.756. The van der Waals surface area contributed by atoms with E-state index in [1.54, 1.807) is 30.6 Å². The Labute approximate surface area is 174 Å². The molecule has 0 spiro atoms. The van der Waals surface area contributed by atoms with Gasteiger partial charge in [0.05, 0.1) is 43.0 Å². The molecule has 0 radical (unpaired) electrons. The predicted molar refractivity (Wildman–Crippen MR) is 108 cm³/mol. The largest absolute Gasteiger partial charge is 0.467 e. The third-order valence-electron chi connectivity index (χ3n) is 5.31. The molecule has 1 aliphatic rings. The highest BCUT2D eigenvalue weighted by Gasteiger charge is 2.38. The van der Waals surface area contributed by atoms with Gasteiger partial charge in [-0.2, -0.15) is 5.26 Å². The molecule has 0 fully saturated rings. The Morgan fingerprint density at radius 3 is 2.57 bits per heavy atom. The number of aromatic nitrogens is 2. The second kappa shape index (κ2) is 8.21. The van der Waals surface area contributed by atoms with Crippen LogP contribution >= 0.6 is 0 Å². The molecule has 1 amide bonds. The fourth-order valence-electron chi connectivity index (χ4n) is 3.70. The van der Waals surface area contributed by atoms with Crippen LogP contribution in [-0.2, 0) is 29.0 Å². The van der Waals surface area contributed by atoms with E-state index < -0.39 is 12.0 Å². The van der Waals surface area contributed by atoms with Crippen LogP contribution in [0.2, 0.25) is 0 Å². The summed E-state index contributed by atoms with van der Waals surface area (Å²) in [7, 11) is 1.32. The molecule has 1 aliphatic heterocycles. The molecule has 7 heteroatoms. The van der Waals surface area contributed by atoms with Crippen molar-refractivity contribution in [1.82, 2.24) is 14.5 Å². The van der Waals surface area contributed by atoms with Gasteiger partial charge in [-0.15, -0.1) is 0 Å². The normalized spacial score (nSPS) is 15.2. The number of hydrogen-bond acceptors (Lipinski definition) is 5. The first kappa shape index (κ1) is 19.4. The lowest BCUT2D eigenvalue weighted by molar-refractivity contribution is -0.146. The van der Waals surface area contributed by atoms with Crippen LogP contribution in [0.4, 0.5) is 0 Å². The van der Waals surface area contributed by atoms with Crippen molar-refractivity contribution >= 4 is 11.9 Å². The lowest BCUT2D eigenvalue weighted by Crippen LogP contribution is -2.49. The number of nitrogens with zero attached hydrogens (tertiary/aromatic N) is 4. The Hall–Kier alpha value is -3.92. The van der Waals surface area contributed by atoms with E-state index in [2.05, 4.69) is 4.98 Å². The van der Waals surface area contributed by atoms with Crippen molar-refractivity contribution in [1.29, 1.82) is 5.26 Å². The second-order valence-electron chi connectivity index (χ2n) is 7.12. The number of benzene rings is 2. The number of rotatable bonds is 4. The Balaban J connectivity index is 1.66. The highest BCUT2D eigenvalue weighted by atomic mass is 16.5. The zero-order valence-electron chi connectivity index (χ0n) is 16.5. The molecule has 2 heterocycles. The minimum Gasteiger partial charge on any atom is -0.467 e. The molecule has 150 valence electrons. The van der Waals surface area contributed by atoms with Crippen LogP contribution in [0, 0.1) is 11.3 Å². The van der Waals surface area contributed by atoms with Gasteiger partial charge in [-0.25, -0.2) is 9.78 Å². The summed E-state index contributed by atoms with van der Waals surface area (Å²) in [6.07, 6.45) is 2.05. The smallest absolute Gasteiger partial charge is 0.329 e. The number of hydrogen-bond donors (Lipinski definition) is 0. The summed E-state index contributed by atoms with van der Waals surface area (Å²) in [6, 6.07) is 17.7. The lowest BCUT2D eigenvalue weighted by atomic mass is 10.0. The number of amides is 1. The quantitative estimate of drug-likeness (QED) is 0.628. The van der Waals surface area contributed by atoms with E-state index in [-0.39, 0.29) is 12.5 Å². The van der Waals surface area contributed by atoms with Crippen molar-refractivity contribution in [2.24, 2.45) is 0 Å². The predicted octanol–water partition coefficient (Wildman–Crippen LogP) is 2.54. The van der Waals surface area contributed by atoms with E-state index in [9.17, 15) is 9.59 Å². The molecule has 0 N–H and O–H groups in total. The molecule has 1 unspecified atom stereocenters. The Kier molecular flexibility index (Phi) is 5.31. The molecule has 1 atom stereocenters. The minimum absolute atomic E-state index is 0.251. The first-order valence-electron chi connectivity index (χ1n) is 9.56. The first-order valence-corrected chi connectivity index (χ1v) is 9.56. The summed E-state index contributed by atoms with van der Waals surface area (Å²) >= 11 is 0. The van der Waals surface area contributed by atoms with Gasteiger partial charge in [0, 0.05) is 18.5 Å². The van der Waals surface area contributed by atoms with Gasteiger partial charge in [0.25, 0.3) is 5.91 Å². The third-order valence-corrected chi connectivity index (χ3v) is 5.31. The SMILES string of the molecule is COC(=O)C1Cc2ncn(Cc3ccccc3)c2CN1C(=O)c1ccc(C#N)cc1. The first-order chi connectivity index (χ1) is 14.6. The summed E-state index contributed by atoms with van der Waals surface area (Å²) in [4.78, 5) is 31.7. The van der Waals surface area contributed by atoms with Crippen LogP contribution in [0.3, 0.4) is 0 Å². The second-order valence-corrected chi connectivity index (χ2v) is 7.12.